The van der Waals surface area contributed by atoms with Gasteiger partial charge in [0.1, 0.15) is 5.82 Å². The first kappa shape index (κ1) is 14.9. The van der Waals surface area contributed by atoms with Crippen molar-refractivity contribution >= 4 is 5.82 Å². The minimum absolute atomic E-state index is 0.461. The van der Waals surface area contributed by atoms with Crippen LogP contribution in [0.3, 0.4) is 0 Å². The smallest absolute Gasteiger partial charge is 0.146 e. The summed E-state index contributed by atoms with van der Waals surface area (Å²) in [6.45, 7) is 6.69. The summed E-state index contributed by atoms with van der Waals surface area (Å²) in [7, 11) is 3.74. The number of anilines is 1. The zero-order valence-electron chi connectivity index (χ0n) is 11.8. The van der Waals surface area contributed by atoms with Gasteiger partial charge in [-0.05, 0) is 6.42 Å². The zero-order chi connectivity index (χ0) is 13.4. The van der Waals surface area contributed by atoms with E-state index >= 15 is 0 Å². The SMILES string of the molecule is COCCCN(C)c1cnc(CNC(C)C)cn1. The molecule has 1 aromatic heterocycles. The van der Waals surface area contributed by atoms with Gasteiger partial charge in [0.25, 0.3) is 0 Å². The number of ether oxygens (including phenoxy) is 1. The summed E-state index contributed by atoms with van der Waals surface area (Å²) >= 11 is 0. The second-order valence-electron chi connectivity index (χ2n) is 4.67. The summed E-state index contributed by atoms with van der Waals surface area (Å²) in [6.07, 6.45) is 4.65. The van der Waals surface area contributed by atoms with E-state index in [2.05, 4.69) is 34.0 Å². The monoisotopic (exact) mass is 252 g/mol. The molecule has 0 aliphatic heterocycles. The minimum atomic E-state index is 0.461. The molecule has 0 atom stereocenters. The largest absolute Gasteiger partial charge is 0.385 e. The van der Waals surface area contributed by atoms with Crippen LogP contribution in [0.5, 0.6) is 0 Å². The maximum Gasteiger partial charge on any atom is 0.146 e. The number of methoxy groups -OCH3 is 1. The average Bonchev–Trinajstić information content (AvgIpc) is 2.37. The van der Waals surface area contributed by atoms with Gasteiger partial charge in [0.15, 0.2) is 0 Å². The van der Waals surface area contributed by atoms with Gasteiger partial charge in [-0.1, -0.05) is 13.8 Å². The maximum atomic E-state index is 5.03. The quantitative estimate of drug-likeness (QED) is 0.710. The van der Waals surface area contributed by atoms with Crippen LogP contribution in [0.1, 0.15) is 26.0 Å². The van der Waals surface area contributed by atoms with Gasteiger partial charge < -0.3 is 15.0 Å². The molecule has 0 saturated carbocycles. The van der Waals surface area contributed by atoms with Gasteiger partial charge >= 0.3 is 0 Å². The zero-order valence-corrected chi connectivity index (χ0v) is 11.8. The van der Waals surface area contributed by atoms with Gasteiger partial charge in [-0.2, -0.15) is 0 Å². The highest BCUT2D eigenvalue weighted by atomic mass is 16.5. The fraction of sp³-hybridized carbons (Fsp3) is 0.692. The van der Waals surface area contributed by atoms with E-state index < -0.39 is 0 Å². The van der Waals surface area contributed by atoms with Crippen LogP contribution in [0.2, 0.25) is 0 Å². The van der Waals surface area contributed by atoms with Gasteiger partial charge in [0, 0.05) is 39.9 Å². The summed E-state index contributed by atoms with van der Waals surface area (Å²) in [4.78, 5) is 10.9. The molecule has 0 saturated heterocycles. The van der Waals surface area contributed by atoms with Gasteiger partial charge in [-0.15, -0.1) is 0 Å². The fourth-order valence-electron chi connectivity index (χ4n) is 1.51. The molecule has 1 aromatic rings. The Labute approximate surface area is 110 Å². The van der Waals surface area contributed by atoms with Crippen molar-refractivity contribution in [2.75, 3.05) is 32.2 Å². The lowest BCUT2D eigenvalue weighted by Crippen LogP contribution is -2.23. The standard InChI is InChI=1S/C13H24N4O/c1-11(2)14-8-12-9-16-13(10-15-12)17(3)6-5-7-18-4/h9-11,14H,5-8H2,1-4H3. The lowest BCUT2D eigenvalue weighted by atomic mass is 10.3. The predicted molar refractivity (Wildman–Crippen MR) is 73.8 cm³/mol. The predicted octanol–water partition coefficient (Wildman–Crippen LogP) is 1.45. The summed E-state index contributed by atoms with van der Waals surface area (Å²) in [5.74, 6) is 0.902. The molecule has 0 unspecified atom stereocenters. The molecule has 5 heteroatoms. The summed E-state index contributed by atoms with van der Waals surface area (Å²) in [5, 5.41) is 3.32. The Morgan fingerprint density at radius 1 is 1.33 bits per heavy atom. The van der Waals surface area contributed by atoms with Gasteiger partial charge in [0.05, 0.1) is 18.1 Å². The van der Waals surface area contributed by atoms with Crippen LogP contribution in [0, 0.1) is 0 Å². The lowest BCUT2D eigenvalue weighted by Gasteiger charge is -2.17. The summed E-state index contributed by atoms with van der Waals surface area (Å²) < 4.78 is 5.03. The number of nitrogens with zero attached hydrogens (tertiary/aromatic N) is 3. The molecule has 0 aliphatic rings. The van der Waals surface area contributed by atoms with Crippen LogP contribution in [-0.4, -0.2) is 43.3 Å². The molecule has 0 bridgehead atoms. The van der Waals surface area contributed by atoms with Crippen molar-refractivity contribution in [2.45, 2.75) is 32.9 Å². The minimum Gasteiger partial charge on any atom is -0.385 e. The first-order valence-electron chi connectivity index (χ1n) is 6.38. The highest BCUT2D eigenvalue weighted by Gasteiger charge is 2.03. The average molecular weight is 252 g/mol. The summed E-state index contributed by atoms with van der Waals surface area (Å²) in [6, 6.07) is 0.461. The fourth-order valence-corrected chi connectivity index (χ4v) is 1.51. The van der Waals surface area contributed by atoms with Crippen LogP contribution < -0.4 is 10.2 Å². The number of hydrogen-bond donors (Lipinski definition) is 1. The molecular weight excluding hydrogens is 228 g/mol. The Kier molecular flexibility index (Phi) is 6.60. The molecule has 0 aliphatic carbocycles. The van der Waals surface area contributed by atoms with Crippen LogP contribution in [-0.2, 0) is 11.3 Å². The number of nitrogens with one attached hydrogen (secondary N) is 1. The van der Waals surface area contributed by atoms with Crippen molar-refractivity contribution in [3.05, 3.63) is 18.1 Å². The molecule has 1 rings (SSSR count). The van der Waals surface area contributed by atoms with Crippen LogP contribution >= 0.6 is 0 Å². The van der Waals surface area contributed by atoms with E-state index in [0.717, 1.165) is 37.6 Å². The van der Waals surface area contributed by atoms with Crippen molar-refractivity contribution in [3.8, 4) is 0 Å². The van der Waals surface area contributed by atoms with E-state index in [1.807, 2.05) is 19.4 Å². The topological polar surface area (TPSA) is 50.3 Å². The van der Waals surface area contributed by atoms with Crippen molar-refractivity contribution in [3.63, 3.8) is 0 Å². The van der Waals surface area contributed by atoms with E-state index in [4.69, 9.17) is 4.74 Å². The first-order valence-corrected chi connectivity index (χ1v) is 6.38. The molecule has 18 heavy (non-hydrogen) atoms. The highest BCUT2D eigenvalue weighted by molar-refractivity contribution is 5.34. The Hall–Kier alpha value is -1.20. The maximum absolute atomic E-state index is 5.03. The van der Waals surface area contributed by atoms with E-state index in [-0.39, 0.29) is 0 Å². The van der Waals surface area contributed by atoms with Crippen molar-refractivity contribution in [1.82, 2.24) is 15.3 Å². The number of hydrogen-bond acceptors (Lipinski definition) is 5. The van der Waals surface area contributed by atoms with E-state index in [1.165, 1.54) is 0 Å². The number of aromatic nitrogens is 2. The normalized spacial score (nSPS) is 10.9. The molecular formula is C13H24N4O. The lowest BCUT2D eigenvalue weighted by molar-refractivity contribution is 0.196. The molecule has 1 heterocycles. The molecule has 0 aromatic carbocycles. The third kappa shape index (κ3) is 5.42. The molecule has 0 spiro atoms. The van der Waals surface area contributed by atoms with Crippen molar-refractivity contribution in [2.24, 2.45) is 0 Å². The van der Waals surface area contributed by atoms with Gasteiger partial charge in [-0.3, -0.25) is 4.98 Å². The summed E-state index contributed by atoms with van der Waals surface area (Å²) in [5.41, 5.74) is 0.970. The molecule has 102 valence electrons. The molecule has 1 N–H and O–H groups in total. The third-order valence-corrected chi connectivity index (χ3v) is 2.62. The Morgan fingerprint density at radius 3 is 2.67 bits per heavy atom. The second-order valence-corrected chi connectivity index (χ2v) is 4.67. The Balaban J connectivity index is 2.43. The van der Waals surface area contributed by atoms with Crippen molar-refractivity contribution < 1.29 is 4.74 Å². The van der Waals surface area contributed by atoms with Crippen LogP contribution in [0.15, 0.2) is 12.4 Å². The van der Waals surface area contributed by atoms with Gasteiger partial charge in [0.2, 0.25) is 0 Å². The highest BCUT2D eigenvalue weighted by Crippen LogP contribution is 2.07. The van der Waals surface area contributed by atoms with E-state index in [1.54, 1.807) is 7.11 Å². The van der Waals surface area contributed by atoms with Crippen molar-refractivity contribution in [1.29, 1.82) is 0 Å². The molecule has 0 amide bonds. The van der Waals surface area contributed by atoms with Crippen LogP contribution in [0.4, 0.5) is 5.82 Å². The first-order chi connectivity index (χ1) is 8.63. The number of rotatable bonds is 8. The molecule has 0 fully saturated rings. The Morgan fingerprint density at radius 2 is 2.11 bits per heavy atom. The van der Waals surface area contributed by atoms with Gasteiger partial charge in [-0.25, -0.2) is 4.98 Å². The Bertz CT molecular complexity index is 326. The third-order valence-electron chi connectivity index (χ3n) is 2.62. The van der Waals surface area contributed by atoms with E-state index in [0.29, 0.717) is 6.04 Å². The van der Waals surface area contributed by atoms with Crippen LogP contribution in [0.25, 0.3) is 0 Å². The molecule has 5 nitrogen and oxygen atoms in total. The molecule has 0 radical (unpaired) electrons. The second kappa shape index (κ2) is 8.00. The van der Waals surface area contributed by atoms with E-state index in [9.17, 15) is 0 Å².